The standard InChI is InChI=1S/C15H15N3O2/c1-9-13(7-14(19)20)18(2)17-15(9)11-8-16-12-6-4-3-5-10(11)12/h3-6,8,16H,7H2,1-2H3,(H,19,20). The number of para-hydroxylation sites is 1. The largest absolute Gasteiger partial charge is 0.481 e. The number of nitrogens with zero attached hydrogens (tertiary/aromatic N) is 2. The maximum atomic E-state index is 10.9. The predicted octanol–water partition coefficient (Wildman–Crippen LogP) is 2.50. The second-order valence-corrected chi connectivity index (χ2v) is 4.86. The topological polar surface area (TPSA) is 70.9 Å². The van der Waals surface area contributed by atoms with Crippen molar-refractivity contribution in [3.05, 3.63) is 41.7 Å². The smallest absolute Gasteiger partial charge is 0.309 e. The maximum absolute atomic E-state index is 10.9. The van der Waals surface area contributed by atoms with Crippen LogP contribution in [0.25, 0.3) is 22.2 Å². The van der Waals surface area contributed by atoms with Crippen molar-refractivity contribution >= 4 is 16.9 Å². The molecule has 0 amide bonds. The molecule has 2 heterocycles. The van der Waals surface area contributed by atoms with Gasteiger partial charge in [0.1, 0.15) is 0 Å². The third-order valence-corrected chi connectivity index (χ3v) is 3.59. The number of carbonyl (C=O) groups is 1. The average Bonchev–Trinajstić information content (AvgIpc) is 2.94. The lowest BCUT2D eigenvalue weighted by Crippen LogP contribution is -2.06. The molecular formula is C15H15N3O2. The van der Waals surface area contributed by atoms with Crippen molar-refractivity contribution < 1.29 is 9.90 Å². The van der Waals surface area contributed by atoms with Crippen LogP contribution < -0.4 is 0 Å². The molecule has 2 aromatic heterocycles. The van der Waals surface area contributed by atoms with E-state index in [1.807, 2.05) is 37.4 Å². The summed E-state index contributed by atoms with van der Waals surface area (Å²) in [5.74, 6) is -0.846. The van der Waals surface area contributed by atoms with Crippen molar-refractivity contribution in [2.24, 2.45) is 7.05 Å². The number of aromatic amines is 1. The average molecular weight is 269 g/mol. The van der Waals surface area contributed by atoms with Gasteiger partial charge in [-0.05, 0) is 18.6 Å². The van der Waals surface area contributed by atoms with Gasteiger partial charge >= 0.3 is 5.97 Å². The Morgan fingerprint density at radius 1 is 1.40 bits per heavy atom. The van der Waals surface area contributed by atoms with Crippen molar-refractivity contribution in [3.63, 3.8) is 0 Å². The van der Waals surface area contributed by atoms with Crippen LogP contribution in [0.3, 0.4) is 0 Å². The fourth-order valence-corrected chi connectivity index (χ4v) is 2.58. The van der Waals surface area contributed by atoms with E-state index in [0.717, 1.165) is 33.4 Å². The zero-order chi connectivity index (χ0) is 14.3. The molecule has 0 aliphatic carbocycles. The third kappa shape index (κ3) is 1.87. The Labute approximate surface area is 115 Å². The molecule has 3 rings (SSSR count). The summed E-state index contributed by atoms with van der Waals surface area (Å²) in [5.41, 5.74) is 4.54. The number of fused-ring (bicyclic) bond motifs is 1. The van der Waals surface area contributed by atoms with Crippen molar-refractivity contribution in [3.8, 4) is 11.3 Å². The van der Waals surface area contributed by atoms with Gasteiger partial charge < -0.3 is 10.1 Å². The summed E-state index contributed by atoms with van der Waals surface area (Å²) in [5, 5.41) is 14.6. The van der Waals surface area contributed by atoms with Gasteiger partial charge in [-0.3, -0.25) is 9.48 Å². The Balaban J connectivity index is 2.18. The van der Waals surface area contributed by atoms with E-state index < -0.39 is 5.97 Å². The molecule has 20 heavy (non-hydrogen) atoms. The number of H-pyrrole nitrogens is 1. The number of aromatic nitrogens is 3. The van der Waals surface area contributed by atoms with E-state index in [1.54, 1.807) is 11.7 Å². The molecule has 0 aliphatic heterocycles. The Kier molecular flexibility index (Phi) is 2.82. The van der Waals surface area contributed by atoms with Crippen LogP contribution in [-0.4, -0.2) is 25.8 Å². The number of carboxylic acid groups (broad SMARTS) is 1. The van der Waals surface area contributed by atoms with Gasteiger partial charge in [0, 0.05) is 29.7 Å². The number of rotatable bonds is 3. The van der Waals surface area contributed by atoms with Crippen LogP contribution >= 0.6 is 0 Å². The van der Waals surface area contributed by atoms with Crippen LogP contribution in [0, 0.1) is 6.92 Å². The number of benzene rings is 1. The Bertz CT molecular complexity index is 799. The second kappa shape index (κ2) is 4.52. The molecule has 0 bridgehead atoms. The van der Waals surface area contributed by atoms with Crippen LogP contribution in [0.5, 0.6) is 0 Å². The Hall–Kier alpha value is -2.56. The third-order valence-electron chi connectivity index (χ3n) is 3.59. The van der Waals surface area contributed by atoms with Gasteiger partial charge in [0.25, 0.3) is 0 Å². The first-order valence-corrected chi connectivity index (χ1v) is 6.38. The van der Waals surface area contributed by atoms with E-state index in [2.05, 4.69) is 10.1 Å². The number of carboxylic acids is 1. The van der Waals surface area contributed by atoms with Gasteiger partial charge in [0.05, 0.1) is 17.8 Å². The van der Waals surface area contributed by atoms with E-state index in [1.165, 1.54) is 0 Å². The highest BCUT2D eigenvalue weighted by Gasteiger charge is 2.18. The highest BCUT2D eigenvalue weighted by Crippen LogP contribution is 2.31. The summed E-state index contributed by atoms with van der Waals surface area (Å²) in [6, 6.07) is 8.00. The predicted molar refractivity (Wildman–Crippen MR) is 76.6 cm³/mol. The highest BCUT2D eigenvalue weighted by atomic mass is 16.4. The van der Waals surface area contributed by atoms with E-state index in [-0.39, 0.29) is 6.42 Å². The van der Waals surface area contributed by atoms with Gasteiger partial charge in [-0.2, -0.15) is 5.10 Å². The number of aliphatic carboxylic acids is 1. The molecule has 0 aliphatic rings. The summed E-state index contributed by atoms with van der Waals surface area (Å²) >= 11 is 0. The molecule has 0 radical (unpaired) electrons. The summed E-state index contributed by atoms with van der Waals surface area (Å²) in [6.45, 7) is 1.92. The van der Waals surface area contributed by atoms with E-state index in [4.69, 9.17) is 5.11 Å². The van der Waals surface area contributed by atoms with Crippen LogP contribution in [0.15, 0.2) is 30.5 Å². The summed E-state index contributed by atoms with van der Waals surface area (Å²) in [7, 11) is 1.78. The van der Waals surface area contributed by atoms with E-state index in [9.17, 15) is 4.79 Å². The van der Waals surface area contributed by atoms with E-state index >= 15 is 0 Å². The molecule has 2 N–H and O–H groups in total. The van der Waals surface area contributed by atoms with Crippen molar-refractivity contribution in [1.82, 2.24) is 14.8 Å². The minimum absolute atomic E-state index is 0.0162. The lowest BCUT2D eigenvalue weighted by Gasteiger charge is -1.99. The molecule has 102 valence electrons. The lowest BCUT2D eigenvalue weighted by molar-refractivity contribution is -0.136. The SMILES string of the molecule is Cc1c(-c2c[nH]c3ccccc23)nn(C)c1CC(=O)O. The molecule has 0 saturated heterocycles. The Morgan fingerprint density at radius 3 is 2.90 bits per heavy atom. The lowest BCUT2D eigenvalue weighted by atomic mass is 10.1. The Morgan fingerprint density at radius 2 is 2.15 bits per heavy atom. The van der Waals surface area contributed by atoms with Crippen LogP contribution in [0.2, 0.25) is 0 Å². The minimum atomic E-state index is -0.846. The number of nitrogens with one attached hydrogen (secondary N) is 1. The number of hydrogen-bond acceptors (Lipinski definition) is 2. The van der Waals surface area contributed by atoms with Gasteiger partial charge in [0.2, 0.25) is 0 Å². The summed E-state index contributed by atoms with van der Waals surface area (Å²) < 4.78 is 1.65. The highest BCUT2D eigenvalue weighted by molar-refractivity contribution is 5.95. The summed E-state index contributed by atoms with van der Waals surface area (Å²) in [6.07, 6.45) is 1.90. The molecule has 0 fully saturated rings. The van der Waals surface area contributed by atoms with E-state index in [0.29, 0.717) is 0 Å². The van der Waals surface area contributed by atoms with Crippen LogP contribution in [0.1, 0.15) is 11.3 Å². The zero-order valence-corrected chi connectivity index (χ0v) is 11.3. The van der Waals surface area contributed by atoms with Crippen LogP contribution in [-0.2, 0) is 18.3 Å². The zero-order valence-electron chi connectivity index (χ0n) is 11.3. The quantitative estimate of drug-likeness (QED) is 0.767. The van der Waals surface area contributed by atoms with Gasteiger partial charge in [-0.15, -0.1) is 0 Å². The molecule has 5 nitrogen and oxygen atoms in total. The van der Waals surface area contributed by atoms with Gasteiger partial charge in [0.15, 0.2) is 0 Å². The molecule has 0 saturated carbocycles. The van der Waals surface area contributed by atoms with Crippen molar-refractivity contribution in [2.75, 3.05) is 0 Å². The maximum Gasteiger partial charge on any atom is 0.309 e. The minimum Gasteiger partial charge on any atom is -0.481 e. The van der Waals surface area contributed by atoms with Crippen molar-refractivity contribution in [2.45, 2.75) is 13.3 Å². The molecular weight excluding hydrogens is 254 g/mol. The van der Waals surface area contributed by atoms with Gasteiger partial charge in [-0.25, -0.2) is 0 Å². The summed E-state index contributed by atoms with van der Waals surface area (Å²) in [4.78, 5) is 14.2. The first-order chi connectivity index (χ1) is 9.58. The first kappa shape index (κ1) is 12.5. The molecule has 5 heteroatoms. The molecule has 3 aromatic rings. The molecule has 0 unspecified atom stereocenters. The number of aryl methyl sites for hydroxylation is 1. The molecule has 1 aromatic carbocycles. The molecule has 0 spiro atoms. The van der Waals surface area contributed by atoms with Crippen molar-refractivity contribution in [1.29, 1.82) is 0 Å². The van der Waals surface area contributed by atoms with Crippen LogP contribution in [0.4, 0.5) is 0 Å². The fourth-order valence-electron chi connectivity index (χ4n) is 2.58. The van der Waals surface area contributed by atoms with Gasteiger partial charge in [-0.1, -0.05) is 18.2 Å². The first-order valence-electron chi connectivity index (χ1n) is 6.38. The fraction of sp³-hybridized carbons (Fsp3) is 0.200. The normalized spacial score (nSPS) is 11.1. The second-order valence-electron chi connectivity index (χ2n) is 4.86. The molecule has 0 atom stereocenters. The monoisotopic (exact) mass is 269 g/mol. The number of hydrogen-bond donors (Lipinski definition) is 2.